The van der Waals surface area contributed by atoms with Gasteiger partial charge in [-0.25, -0.2) is 4.79 Å². The molecule has 0 aliphatic carbocycles. The van der Waals surface area contributed by atoms with E-state index in [0.717, 1.165) is 0 Å². The number of hydrogen-bond acceptors (Lipinski definition) is 6. The monoisotopic (exact) mass is 338 g/mol. The van der Waals surface area contributed by atoms with Crippen LogP contribution in [0.25, 0.3) is 0 Å². The molecule has 23 heavy (non-hydrogen) atoms. The van der Waals surface area contributed by atoms with E-state index in [0.29, 0.717) is 11.3 Å². The summed E-state index contributed by atoms with van der Waals surface area (Å²) in [7, 11) is 0. The molecule has 3 N–H and O–H groups in total. The standard InChI is InChI=1S/C15H18N2O5S/c1-2-22-15(21)11(13-16-10(8-23-13)14(19)20)17-12(18)9-6-4-3-5-7-9/h3-7,10-11,13,16H,2,8H2,1H3,(H,17,18)(H,19,20)/t10-,11-,13+/m0/s1. The zero-order chi connectivity index (χ0) is 16.8. The van der Waals surface area contributed by atoms with E-state index in [1.807, 2.05) is 0 Å². The lowest BCUT2D eigenvalue weighted by Gasteiger charge is -2.23. The Labute approximate surface area is 137 Å². The van der Waals surface area contributed by atoms with Crippen molar-refractivity contribution in [2.24, 2.45) is 0 Å². The second kappa shape index (κ2) is 7.98. The number of hydrogen-bond donors (Lipinski definition) is 3. The number of aliphatic carboxylic acids is 1. The van der Waals surface area contributed by atoms with E-state index >= 15 is 0 Å². The van der Waals surface area contributed by atoms with Gasteiger partial charge in [0.05, 0.1) is 12.0 Å². The topological polar surface area (TPSA) is 105 Å². The van der Waals surface area contributed by atoms with Gasteiger partial charge in [0.25, 0.3) is 5.91 Å². The van der Waals surface area contributed by atoms with Gasteiger partial charge in [-0.3, -0.25) is 14.9 Å². The normalized spacial score (nSPS) is 21.4. The number of nitrogens with one attached hydrogen (secondary N) is 2. The third kappa shape index (κ3) is 4.46. The van der Waals surface area contributed by atoms with E-state index < -0.39 is 35.3 Å². The van der Waals surface area contributed by atoms with Crippen LogP contribution in [0.5, 0.6) is 0 Å². The van der Waals surface area contributed by atoms with Gasteiger partial charge in [0.15, 0.2) is 6.04 Å². The molecule has 8 heteroatoms. The van der Waals surface area contributed by atoms with Gasteiger partial charge < -0.3 is 15.2 Å². The van der Waals surface area contributed by atoms with Crippen molar-refractivity contribution in [2.45, 2.75) is 24.4 Å². The van der Waals surface area contributed by atoms with Crippen LogP contribution in [0.15, 0.2) is 30.3 Å². The molecule has 0 bridgehead atoms. The highest BCUT2D eigenvalue weighted by Crippen LogP contribution is 2.23. The maximum absolute atomic E-state index is 12.3. The summed E-state index contributed by atoms with van der Waals surface area (Å²) in [5.41, 5.74) is 0.416. The predicted octanol–water partition coefficient (Wildman–Crippen LogP) is 0.464. The average Bonchev–Trinajstić information content (AvgIpc) is 3.03. The first kappa shape index (κ1) is 17.3. The molecule has 1 amide bonds. The van der Waals surface area contributed by atoms with Gasteiger partial charge in [-0.05, 0) is 19.1 Å². The van der Waals surface area contributed by atoms with Gasteiger partial charge in [0, 0.05) is 11.3 Å². The summed E-state index contributed by atoms with van der Waals surface area (Å²) in [5.74, 6) is -1.67. The van der Waals surface area contributed by atoms with Gasteiger partial charge in [0.2, 0.25) is 0 Å². The molecule has 1 fully saturated rings. The molecular weight excluding hydrogens is 320 g/mol. The van der Waals surface area contributed by atoms with Crippen molar-refractivity contribution in [1.29, 1.82) is 0 Å². The maximum Gasteiger partial charge on any atom is 0.331 e. The zero-order valence-electron chi connectivity index (χ0n) is 12.5. The molecule has 1 aliphatic heterocycles. The minimum absolute atomic E-state index is 0.177. The molecule has 1 saturated heterocycles. The smallest absolute Gasteiger partial charge is 0.331 e. The first-order valence-electron chi connectivity index (χ1n) is 7.16. The predicted molar refractivity (Wildman–Crippen MR) is 85.1 cm³/mol. The largest absolute Gasteiger partial charge is 0.480 e. The van der Waals surface area contributed by atoms with Gasteiger partial charge in [-0.2, -0.15) is 0 Å². The summed E-state index contributed by atoms with van der Waals surface area (Å²) in [6.07, 6.45) is 0. The van der Waals surface area contributed by atoms with Crippen molar-refractivity contribution in [1.82, 2.24) is 10.6 Å². The van der Waals surface area contributed by atoms with Gasteiger partial charge in [-0.15, -0.1) is 11.8 Å². The maximum atomic E-state index is 12.3. The molecule has 0 saturated carbocycles. The molecule has 0 spiro atoms. The highest BCUT2D eigenvalue weighted by atomic mass is 32.2. The Hall–Kier alpha value is -2.06. The Balaban J connectivity index is 2.10. The van der Waals surface area contributed by atoms with Crippen molar-refractivity contribution >= 4 is 29.6 Å². The molecule has 1 aliphatic rings. The van der Waals surface area contributed by atoms with Gasteiger partial charge >= 0.3 is 11.9 Å². The van der Waals surface area contributed by atoms with Crippen molar-refractivity contribution in [3.63, 3.8) is 0 Å². The molecular formula is C15H18N2O5S. The Morgan fingerprint density at radius 1 is 1.39 bits per heavy atom. The fourth-order valence-electron chi connectivity index (χ4n) is 2.13. The van der Waals surface area contributed by atoms with Gasteiger partial charge in [-0.1, -0.05) is 18.2 Å². The quantitative estimate of drug-likeness (QED) is 0.647. The third-order valence-electron chi connectivity index (χ3n) is 3.27. The van der Waals surface area contributed by atoms with Crippen molar-refractivity contribution in [3.05, 3.63) is 35.9 Å². The van der Waals surface area contributed by atoms with E-state index in [4.69, 9.17) is 9.84 Å². The summed E-state index contributed by atoms with van der Waals surface area (Å²) < 4.78 is 4.99. The summed E-state index contributed by atoms with van der Waals surface area (Å²) in [6, 6.07) is 6.77. The molecule has 2 rings (SSSR count). The lowest BCUT2D eigenvalue weighted by Crippen LogP contribution is -2.53. The summed E-state index contributed by atoms with van der Waals surface area (Å²) >= 11 is 1.27. The van der Waals surface area contributed by atoms with E-state index in [-0.39, 0.29) is 6.61 Å². The van der Waals surface area contributed by atoms with Crippen LogP contribution >= 0.6 is 11.8 Å². The van der Waals surface area contributed by atoms with E-state index in [1.54, 1.807) is 37.3 Å². The van der Waals surface area contributed by atoms with Crippen LogP contribution in [0, 0.1) is 0 Å². The number of carboxylic acids is 1. The van der Waals surface area contributed by atoms with E-state index in [1.165, 1.54) is 11.8 Å². The Bertz CT molecular complexity index is 580. The molecule has 0 aromatic heterocycles. The van der Waals surface area contributed by atoms with Crippen LogP contribution in [0.3, 0.4) is 0 Å². The Kier molecular flexibility index (Phi) is 6.00. The van der Waals surface area contributed by atoms with E-state index in [9.17, 15) is 14.4 Å². The molecule has 124 valence electrons. The van der Waals surface area contributed by atoms with E-state index in [2.05, 4.69) is 10.6 Å². The lowest BCUT2D eigenvalue weighted by atomic mass is 10.2. The number of amides is 1. The molecule has 1 aromatic rings. The minimum Gasteiger partial charge on any atom is -0.480 e. The van der Waals surface area contributed by atoms with Crippen LogP contribution in [-0.2, 0) is 14.3 Å². The van der Waals surface area contributed by atoms with Gasteiger partial charge in [0.1, 0.15) is 6.04 Å². The average molecular weight is 338 g/mol. The SMILES string of the molecule is CCOC(=O)[C@@H](NC(=O)c1ccccc1)[C@@H]1N[C@H](C(=O)O)CS1. The third-order valence-corrected chi connectivity index (χ3v) is 4.56. The number of ether oxygens (including phenoxy) is 1. The van der Waals surface area contributed by atoms with Crippen LogP contribution in [-0.4, -0.2) is 52.8 Å². The number of carboxylic acid groups (broad SMARTS) is 1. The number of carbonyl (C=O) groups is 3. The molecule has 3 atom stereocenters. The Morgan fingerprint density at radius 3 is 2.65 bits per heavy atom. The molecule has 1 aromatic carbocycles. The minimum atomic E-state index is -0.989. The van der Waals surface area contributed by atoms with Crippen molar-refractivity contribution < 1.29 is 24.2 Å². The molecule has 7 nitrogen and oxygen atoms in total. The summed E-state index contributed by atoms with van der Waals surface area (Å²) in [6.45, 7) is 1.85. The van der Waals surface area contributed by atoms with Crippen LogP contribution in [0.1, 0.15) is 17.3 Å². The zero-order valence-corrected chi connectivity index (χ0v) is 13.3. The number of benzene rings is 1. The summed E-state index contributed by atoms with van der Waals surface area (Å²) in [5, 5.41) is 13.9. The fourth-order valence-corrected chi connectivity index (χ4v) is 3.40. The second-order valence-electron chi connectivity index (χ2n) is 4.88. The number of thioether (sulfide) groups is 1. The first-order valence-corrected chi connectivity index (χ1v) is 8.20. The highest BCUT2D eigenvalue weighted by molar-refractivity contribution is 8.00. The van der Waals surface area contributed by atoms with Crippen LogP contribution in [0.4, 0.5) is 0 Å². The highest BCUT2D eigenvalue weighted by Gasteiger charge is 2.39. The fraction of sp³-hybridized carbons (Fsp3) is 0.400. The number of rotatable bonds is 6. The second-order valence-corrected chi connectivity index (χ2v) is 6.06. The lowest BCUT2D eigenvalue weighted by molar-refractivity contribution is -0.146. The molecule has 0 unspecified atom stereocenters. The molecule has 0 radical (unpaired) electrons. The van der Waals surface area contributed by atoms with Crippen LogP contribution < -0.4 is 10.6 Å². The van der Waals surface area contributed by atoms with Crippen molar-refractivity contribution in [2.75, 3.05) is 12.4 Å². The van der Waals surface area contributed by atoms with Crippen molar-refractivity contribution in [3.8, 4) is 0 Å². The Morgan fingerprint density at radius 2 is 2.09 bits per heavy atom. The number of carbonyl (C=O) groups excluding carboxylic acids is 2. The molecule has 1 heterocycles. The number of esters is 1. The van der Waals surface area contributed by atoms with Crippen LogP contribution in [0.2, 0.25) is 0 Å². The summed E-state index contributed by atoms with van der Waals surface area (Å²) in [4.78, 5) is 35.4. The first-order chi connectivity index (χ1) is 11.0.